The lowest BCUT2D eigenvalue weighted by Crippen LogP contribution is -2.30. The third kappa shape index (κ3) is 8.10. The summed E-state index contributed by atoms with van der Waals surface area (Å²) in [4.78, 5) is 43.0. The zero-order valence-corrected chi connectivity index (χ0v) is 19.7. The van der Waals surface area contributed by atoms with Crippen molar-refractivity contribution in [3.63, 3.8) is 0 Å². The van der Waals surface area contributed by atoms with Crippen LogP contribution in [0.15, 0.2) is 58.4 Å². The molecule has 0 atom stereocenters. The molecule has 2 amide bonds. The molecule has 3 aromatic heterocycles. The zero-order chi connectivity index (χ0) is 22.6. The summed E-state index contributed by atoms with van der Waals surface area (Å²) < 4.78 is 5.13. The number of hydrogen-bond donors (Lipinski definition) is 2. The molecule has 168 valence electrons. The number of thiophene rings is 2. The van der Waals surface area contributed by atoms with Crippen LogP contribution >= 0.6 is 34.4 Å². The molecule has 0 bridgehead atoms. The van der Waals surface area contributed by atoms with Crippen molar-refractivity contribution >= 4 is 52.2 Å². The predicted octanol–water partition coefficient (Wildman–Crippen LogP) is 3.17. The minimum absolute atomic E-state index is 0.130. The SMILES string of the molecule is O=C(COC(=O)c1cccnc1SCC(=O)NCCc1cccs1)NCCc1cccs1. The second-order valence-electron chi connectivity index (χ2n) is 6.58. The fourth-order valence-electron chi connectivity index (χ4n) is 2.67. The predicted molar refractivity (Wildman–Crippen MR) is 127 cm³/mol. The molecule has 0 fully saturated rings. The molecule has 0 radical (unpaired) electrons. The Morgan fingerprint density at radius 1 is 0.906 bits per heavy atom. The Bertz CT molecular complexity index is 1010. The first-order valence-electron chi connectivity index (χ1n) is 9.95. The van der Waals surface area contributed by atoms with Crippen LogP contribution in [0, 0.1) is 0 Å². The van der Waals surface area contributed by atoms with E-state index < -0.39 is 5.97 Å². The molecule has 3 heterocycles. The van der Waals surface area contributed by atoms with E-state index >= 15 is 0 Å². The van der Waals surface area contributed by atoms with Gasteiger partial charge >= 0.3 is 5.97 Å². The van der Waals surface area contributed by atoms with Gasteiger partial charge in [0, 0.05) is 29.0 Å². The minimum Gasteiger partial charge on any atom is -0.452 e. The fourth-order valence-corrected chi connectivity index (χ4v) is 4.90. The third-order valence-corrected chi connectivity index (χ3v) is 7.09. The van der Waals surface area contributed by atoms with Crippen LogP contribution < -0.4 is 10.6 Å². The molecule has 0 saturated carbocycles. The van der Waals surface area contributed by atoms with Crippen molar-refractivity contribution in [2.45, 2.75) is 17.9 Å². The molecule has 3 rings (SSSR count). The molecule has 0 aromatic carbocycles. The molecular weight excluding hydrogens is 466 g/mol. The number of carbonyl (C=O) groups is 3. The Kier molecular flexibility index (Phi) is 9.73. The topological polar surface area (TPSA) is 97.4 Å². The number of amides is 2. The van der Waals surface area contributed by atoms with E-state index in [2.05, 4.69) is 15.6 Å². The summed E-state index contributed by atoms with van der Waals surface area (Å²) in [6, 6.07) is 11.2. The quantitative estimate of drug-likeness (QED) is 0.300. The molecular formula is C22H23N3O4S3. The van der Waals surface area contributed by atoms with Gasteiger partial charge in [0.25, 0.3) is 5.91 Å². The smallest absolute Gasteiger partial charge is 0.341 e. The molecule has 2 N–H and O–H groups in total. The lowest BCUT2D eigenvalue weighted by molar-refractivity contribution is -0.124. The molecule has 0 aliphatic rings. The highest BCUT2D eigenvalue weighted by atomic mass is 32.2. The first-order valence-corrected chi connectivity index (χ1v) is 12.7. The highest BCUT2D eigenvalue weighted by Gasteiger charge is 2.16. The summed E-state index contributed by atoms with van der Waals surface area (Å²) in [6.07, 6.45) is 3.06. The standard InChI is InChI=1S/C22H23N3O4S3/c26-19(23-10-7-16-4-2-12-30-16)14-29-22(28)18-6-1-9-25-21(18)32-15-20(27)24-11-8-17-5-3-13-31-17/h1-6,9,12-13H,7-8,10-11,14-15H2,(H,23,26)(H,24,27). The van der Waals surface area contributed by atoms with E-state index in [0.29, 0.717) is 18.1 Å². The van der Waals surface area contributed by atoms with Crippen molar-refractivity contribution in [3.05, 3.63) is 68.7 Å². The van der Waals surface area contributed by atoms with Crippen LogP contribution in [0.2, 0.25) is 0 Å². The number of nitrogens with zero attached hydrogens (tertiary/aromatic N) is 1. The van der Waals surface area contributed by atoms with Crippen molar-refractivity contribution in [2.24, 2.45) is 0 Å². The highest BCUT2D eigenvalue weighted by Crippen LogP contribution is 2.20. The van der Waals surface area contributed by atoms with Gasteiger partial charge in [-0.2, -0.15) is 0 Å². The summed E-state index contributed by atoms with van der Waals surface area (Å²) in [6.45, 7) is 0.663. The fraction of sp³-hybridized carbons (Fsp3) is 0.273. The van der Waals surface area contributed by atoms with Crippen LogP contribution in [0.25, 0.3) is 0 Å². The number of thioether (sulfide) groups is 1. The van der Waals surface area contributed by atoms with E-state index in [9.17, 15) is 14.4 Å². The number of nitrogens with one attached hydrogen (secondary N) is 2. The van der Waals surface area contributed by atoms with Gasteiger partial charge in [-0.1, -0.05) is 23.9 Å². The Morgan fingerprint density at radius 2 is 1.56 bits per heavy atom. The lowest BCUT2D eigenvalue weighted by atomic mass is 10.3. The number of hydrogen-bond acceptors (Lipinski definition) is 8. The van der Waals surface area contributed by atoms with Crippen LogP contribution in [-0.4, -0.2) is 48.2 Å². The Morgan fingerprint density at radius 3 is 2.19 bits per heavy atom. The number of carbonyl (C=O) groups excluding carboxylic acids is 3. The van der Waals surface area contributed by atoms with Crippen LogP contribution in [0.4, 0.5) is 0 Å². The first kappa shape index (κ1) is 24.0. The first-order chi connectivity index (χ1) is 15.6. The molecule has 10 heteroatoms. The molecule has 0 aliphatic carbocycles. The maximum Gasteiger partial charge on any atom is 0.341 e. The number of aromatic nitrogens is 1. The number of esters is 1. The Balaban J connectivity index is 1.39. The maximum absolute atomic E-state index is 12.4. The summed E-state index contributed by atoms with van der Waals surface area (Å²) in [5.74, 6) is -1.02. The Hall–Kier alpha value is -2.69. The summed E-state index contributed by atoms with van der Waals surface area (Å²) in [7, 11) is 0. The largest absolute Gasteiger partial charge is 0.452 e. The van der Waals surface area contributed by atoms with Gasteiger partial charge < -0.3 is 15.4 Å². The van der Waals surface area contributed by atoms with E-state index in [4.69, 9.17) is 4.74 Å². The van der Waals surface area contributed by atoms with Crippen LogP contribution in [-0.2, 0) is 27.2 Å². The molecule has 0 saturated heterocycles. The molecule has 0 spiro atoms. The number of ether oxygens (including phenoxy) is 1. The zero-order valence-electron chi connectivity index (χ0n) is 17.2. The Labute approximate surface area is 198 Å². The average Bonchev–Trinajstić information content (AvgIpc) is 3.51. The summed E-state index contributed by atoms with van der Waals surface area (Å²) >= 11 is 4.44. The van der Waals surface area contributed by atoms with E-state index in [-0.39, 0.29) is 29.7 Å². The van der Waals surface area contributed by atoms with E-state index in [1.165, 1.54) is 9.75 Å². The van der Waals surface area contributed by atoms with Gasteiger partial charge in [-0.25, -0.2) is 9.78 Å². The van der Waals surface area contributed by atoms with Crippen LogP contribution in [0.3, 0.4) is 0 Å². The van der Waals surface area contributed by atoms with Crippen molar-refractivity contribution in [1.82, 2.24) is 15.6 Å². The minimum atomic E-state index is -0.646. The normalized spacial score (nSPS) is 10.5. The second-order valence-corrected chi connectivity index (χ2v) is 9.61. The maximum atomic E-state index is 12.4. The summed E-state index contributed by atoms with van der Waals surface area (Å²) in [5.41, 5.74) is 0.232. The number of pyridine rings is 1. The van der Waals surface area contributed by atoms with E-state index in [1.54, 1.807) is 41.0 Å². The molecule has 7 nitrogen and oxygen atoms in total. The lowest BCUT2D eigenvalue weighted by Gasteiger charge is -2.09. The van der Waals surface area contributed by atoms with Gasteiger partial charge in [0.1, 0.15) is 5.03 Å². The van der Waals surface area contributed by atoms with E-state index in [0.717, 1.165) is 24.6 Å². The van der Waals surface area contributed by atoms with Crippen molar-refractivity contribution in [2.75, 3.05) is 25.4 Å². The summed E-state index contributed by atoms with van der Waals surface area (Å²) in [5, 5.41) is 9.97. The highest BCUT2D eigenvalue weighted by molar-refractivity contribution is 8.00. The van der Waals surface area contributed by atoms with Gasteiger partial charge in [-0.05, 0) is 47.9 Å². The molecule has 32 heavy (non-hydrogen) atoms. The van der Waals surface area contributed by atoms with Gasteiger partial charge in [-0.3, -0.25) is 9.59 Å². The second kappa shape index (κ2) is 13.0. The molecule has 3 aromatic rings. The molecule has 0 aliphatic heterocycles. The average molecular weight is 490 g/mol. The van der Waals surface area contributed by atoms with Crippen LogP contribution in [0.5, 0.6) is 0 Å². The third-order valence-electron chi connectivity index (χ3n) is 4.21. The van der Waals surface area contributed by atoms with Crippen LogP contribution in [0.1, 0.15) is 20.1 Å². The van der Waals surface area contributed by atoms with Gasteiger partial charge in [0.05, 0.1) is 11.3 Å². The monoisotopic (exact) mass is 489 g/mol. The van der Waals surface area contributed by atoms with Crippen molar-refractivity contribution in [3.8, 4) is 0 Å². The number of rotatable bonds is 12. The van der Waals surface area contributed by atoms with Gasteiger partial charge in [0.2, 0.25) is 5.91 Å². The molecule has 0 unspecified atom stereocenters. The van der Waals surface area contributed by atoms with Gasteiger partial charge in [-0.15, -0.1) is 22.7 Å². The van der Waals surface area contributed by atoms with E-state index in [1.807, 2.05) is 35.0 Å². The van der Waals surface area contributed by atoms with Crippen molar-refractivity contribution in [1.29, 1.82) is 0 Å². The van der Waals surface area contributed by atoms with Crippen molar-refractivity contribution < 1.29 is 19.1 Å². The van der Waals surface area contributed by atoms with Gasteiger partial charge in [0.15, 0.2) is 6.61 Å².